The molecule has 2 rings (SSSR count). The topological polar surface area (TPSA) is 16.1 Å². The van der Waals surface area contributed by atoms with Crippen molar-refractivity contribution in [1.82, 2.24) is 4.98 Å². The Bertz CT molecular complexity index is 442. The molecule has 0 aliphatic carbocycles. The molecule has 0 N–H and O–H groups in total. The molecule has 2 nitrogen and oxygen atoms in total. The number of aromatic nitrogens is 1. The monoisotopic (exact) mass is 296 g/mol. The van der Waals surface area contributed by atoms with Gasteiger partial charge in [0.25, 0.3) is 0 Å². The van der Waals surface area contributed by atoms with Crippen molar-refractivity contribution in [2.75, 3.05) is 18.5 Å². The highest BCUT2D eigenvalue weighted by Gasteiger charge is 2.06. The van der Waals surface area contributed by atoms with Gasteiger partial charge >= 0.3 is 0 Å². The Balaban J connectivity index is 1.98. The van der Waals surface area contributed by atoms with Crippen LogP contribution in [-0.2, 0) is 6.42 Å². The molecule has 16 heavy (non-hydrogen) atoms. The Morgan fingerprint density at radius 2 is 2.25 bits per heavy atom. The average molecular weight is 297 g/mol. The van der Waals surface area contributed by atoms with Crippen molar-refractivity contribution < 1.29 is 0 Å². The van der Waals surface area contributed by atoms with Crippen molar-refractivity contribution in [3.05, 3.63) is 45.2 Å². The SMILES string of the molecule is CN(CCc1cccs1)c1ncccc1Br. The van der Waals surface area contributed by atoms with Crippen molar-refractivity contribution in [2.45, 2.75) is 6.42 Å². The molecule has 0 bridgehead atoms. The smallest absolute Gasteiger partial charge is 0.142 e. The van der Waals surface area contributed by atoms with Gasteiger partial charge in [0, 0.05) is 24.7 Å². The van der Waals surface area contributed by atoms with E-state index in [2.05, 4.69) is 50.4 Å². The van der Waals surface area contributed by atoms with Gasteiger partial charge in [-0.15, -0.1) is 11.3 Å². The second-order valence-electron chi connectivity index (χ2n) is 3.56. The predicted molar refractivity (Wildman–Crippen MR) is 73.2 cm³/mol. The predicted octanol–water partition coefficient (Wildman–Crippen LogP) is 3.58. The summed E-state index contributed by atoms with van der Waals surface area (Å²) >= 11 is 5.32. The molecule has 0 radical (unpaired) electrons. The third-order valence-corrected chi connectivity index (χ3v) is 3.93. The molecular formula is C12H13BrN2S. The van der Waals surface area contributed by atoms with Gasteiger partial charge in [-0.05, 0) is 45.9 Å². The van der Waals surface area contributed by atoms with Gasteiger partial charge in [0.15, 0.2) is 0 Å². The van der Waals surface area contributed by atoms with E-state index in [1.807, 2.05) is 18.3 Å². The lowest BCUT2D eigenvalue weighted by Crippen LogP contribution is -2.21. The van der Waals surface area contributed by atoms with Gasteiger partial charge in [-0.1, -0.05) is 6.07 Å². The van der Waals surface area contributed by atoms with Crippen molar-refractivity contribution >= 4 is 33.1 Å². The maximum Gasteiger partial charge on any atom is 0.142 e. The number of rotatable bonds is 4. The summed E-state index contributed by atoms with van der Waals surface area (Å²) in [6.07, 6.45) is 2.89. The van der Waals surface area contributed by atoms with E-state index < -0.39 is 0 Å². The van der Waals surface area contributed by atoms with Crippen LogP contribution < -0.4 is 4.90 Å². The fourth-order valence-electron chi connectivity index (χ4n) is 1.50. The number of pyridine rings is 1. The molecule has 0 aliphatic rings. The van der Waals surface area contributed by atoms with Crippen LogP contribution in [0.3, 0.4) is 0 Å². The van der Waals surface area contributed by atoms with Crippen LogP contribution in [0.2, 0.25) is 0 Å². The number of anilines is 1. The van der Waals surface area contributed by atoms with E-state index in [4.69, 9.17) is 0 Å². The minimum Gasteiger partial charge on any atom is -0.358 e. The first kappa shape index (κ1) is 11.6. The minimum absolute atomic E-state index is 0.982. The van der Waals surface area contributed by atoms with Crippen LogP contribution >= 0.6 is 27.3 Å². The van der Waals surface area contributed by atoms with Gasteiger partial charge in [0.2, 0.25) is 0 Å². The molecule has 0 saturated heterocycles. The minimum atomic E-state index is 0.982. The highest BCUT2D eigenvalue weighted by Crippen LogP contribution is 2.22. The van der Waals surface area contributed by atoms with E-state index in [0.717, 1.165) is 23.3 Å². The number of nitrogens with zero attached hydrogens (tertiary/aromatic N) is 2. The Morgan fingerprint density at radius 3 is 2.94 bits per heavy atom. The molecule has 0 unspecified atom stereocenters. The summed E-state index contributed by atoms with van der Waals surface area (Å²) in [6.45, 7) is 0.982. The van der Waals surface area contributed by atoms with Crippen molar-refractivity contribution in [3.63, 3.8) is 0 Å². The molecule has 2 aromatic heterocycles. The molecule has 0 atom stereocenters. The Kier molecular flexibility index (Phi) is 3.96. The summed E-state index contributed by atoms with van der Waals surface area (Å²) in [5.74, 6) is 0.999. The first-order chi connectivity index (χ1) is 7.77. The summed E-state index contributed by atoms with van der Waals surface area (Å²) in [4.78, 5) is 7.95. The fraction of sp³-hybridized carbons (Fsp3) is 0.250. The third-order valence-electron chi connectivity index (χ3n) is 2.37. The molecule has 0 saturated carbocycles. The summed E-state index contributed by atoms with van der Waals surface area (Å²) < 4.78 is 1.05. The Labute approximate surface area is 108 Å². The third kappa shape index (κ3) is 2.83. The number of hydrogen-bond donors (Lipinski definition) is 0. The van der Waals surface area contributed by atoms with Gasteiger partial charge in [-0.3, -0.25) is 0 Å². The number of hydrogen-bond acceptors (Lipinski definition) is 3. The number of thiophene rings is 1. The highest BCUT2D eigenvalue weighted by atomic mass is 79.9. The van der Waals surface area contributed by atoms with E-state index in [9.17, 15) is 0 Å². The lowest BCUT2D eigenvalue weighted by atomic mass is 10.3. The van der Waals surface area contributed by atoms with Crippen LogP contribution in [-0.4, -0.2) is 18.6 Å². The van der Waals surface area contributed by atoms with Gasteiger partial charge in [-0.25, -0.2) is 4.98 Å². The van der Waals surface area contributed by atoms with E-state index in [1.54, 1.807) is 11.3 Å². The average Bonchev–Trinajstić information content (AvgIpc) is 2.79. The van der Waals surface area contributed by atoms with Crippen LogP contribution in [0.25, 0.3) is 0 Å². The molecule has 84 valence electrons. The summed E-state index contributed by atoms with van der Waals surface area (Å²) in [7, 11) is 2.07. The second kappa shape index (κ2) is 5.46. The second-order valence-corrected chi connectivity index (χ2v) is 5.45. The first-order valence-corrected chi connectivity index (χ1v) is 6.78. The molecule has 0 aromatic carbocycles. The molecule has 2 heterocycles. The Hall–Kier alpha value is -0.870. The molecule has 0 fully saturated rings. The quantitative estimate of drug-likeness (QED) is 0.857. The molecule has 4 heteroatoms. The van der Waals surface area contributed by atoms with Gasteiger partial charge in [0.1, 0.15) is 5.82 Å². The van der Waals surface area contributed by atoms with Crippen LogP contribution in [0.5, 0.6) is 0 Å². The first-order valence-electron chi connectivity index (χ1n) is 5.11. The van der Waals surface area contributed by atoms with E-state index in [0.29, 0.717) is 0 Å². The van der Waals surface area contributed by atoms with Crippen LogP contribution in [0, 0.1) is 0 Å². The van der Waals surface area contributed by atoms with E-state index in [-0.39, 0.29) is 0 Å². The van der Waals surface area contributed by atoms with Crippen molar-refractivity contribution in [3.8, 4) is 0 Å². The van der Waals surface area contributed by atoms with Crippen molar-refractivity contribution in [1.29, 1.82) is 0 Å². The van der Waals surface area contributed by atoms with Gasteiger partial charge < -0.3 is 4.90 Å². The highest BCUT2D eigenvalue weighted by molar-refractivity contribution is 9.10. The lowest BCUT2D eigenvalue weighted by molar-refractivity contribution is 0.866. The normalized spacial score (nSPS) is 10.4. The number of halogens is 1. The zero-order valence-electron chi connectivity index (χ0n) is 9.06. The van der Waals surface area contributed by atoms with Crippen molar-refractivity contribution in [2.24, 2.45) is 0 Å². The summed E-state index contributed by atoms with van der Waals surface area (Å²) in [5.41, 5.74) is 0. The molecule has 2 aromatic rings. The van der Waals surface area contributed by atoms with Crippen LogP contribution in [0.4, 0.5) is 5.82 Å². The lowest BCUT2D eigenvalue weighted by Gasteiger charge is -2.18. The Morgan fingerprint density at radius 1 is 1.38 bits per heavy atom. The fourth-order valence-corrected chi connectivity index (χ4v) is 2.75. The van der Waals surface area contributed by atoms with Crippen LogP contribution in [0.1, 0.15) is 4.88 Å². The molecular weight excluding hydrogens is 284 g/mol. The van der Waals surface area contributed by atoms with Gasteiger partial charge in [-0.2, -0.15) is 0 Å². The number of likely N-dealkylation sites (N-methyl/N-ethyl adjacent to an activating group) is 1. The van der Waals surface area contributed by atoms with E-state index in [1.165, 1.54) is 4.88 Å². The maximum atomic E-state index is 4.36. The van der Waals surface area contributed by atoms with Crippen LogP contribution in [0.15, 0.2) is 40.3 Å². The summed E-state index contributed by atoms with van der Waals surface area (Å²) in [5, 5.41) is 2.12. The van der Waals surface area contributed by atoms with Gasteiger partial charge in [0.05, 0.1) is 4.47 Å². The molecule has 0 aliphatic heterocycles. The summed E-state index contributed by atoms with van der Waals surface area (Å²) in [6, 6.07) is 8.22. The largest absolute Gasteiger partial charge is 0.358 e. The maximum absolute atomic E-state index is 4.36. The zero-order chi connectivity index (χ0) is 11.4. The molecule has 0 spiro atoms. The zero-order valence-corrected chi connectivity index (χ0v) is 11.5. The van der Waals surface area contributed by atoms with E-state index >= 15 is 0 Å². The molecule has 0 amide bonds. The standard InChI is InChI=1S/C12H13BrN2S/c1-15(8-6-10-4-3-9-16-10)12-11(13)5-2-7-14-12/h2-5,7,9H,6,8H2,1H3.